The average molecular weight is 399 g/mol. The summed E-state index contributed by atoms with van der Waals surface area (Å²) in [5, 5.41) is 9.61. The van der Waals surface area contributed by atoms with E-state index in [0.29, 0.717) is 23.3 Å². The number of aldehydes is 1. The maximum absolute atomic E-state index is 11.6. The monoisotopic (exact) mass is 398 g/mol. The molecule has 0 aromatic rings. The van der Waals surface area contributed by atoms with E-state index in [1.165, 1.54) is 43.8 Å². The lowest BCUT2D eigenvalue weighted by molar-refractivity contribution is -0.150. The number of carbonyl (C=O) groups is 2. The summed E-state index contributed by atoms with van der Waals surface area (Å²) in [5.41, 5.74) is 4.82. The van der Waals surface area contributed by atoms with Gasteiger partial charge in [0.25, 0.3) is 0 Å². The van der Waals surface area contributed by atoms with E-state index in [-0.39, 0.29) is 5.41 Å². The fourth-order valence-corrected chi connectivity index (χ4v) is 5.97. The molecule has 1 N–H and O–H groups in total. The Morgan fingerprint density at radius 2 is 2.07 bits per heavy atom. The Morgan fingerprint density at radius 1 is 1.31 bits per heavy atom. The minimum atomic E-state index is -1.21. The average Bonchev–Trinajstić information content (AvgIpc) is 2.96. The molecule has 3 aliphatic rings. The number of cyclic esters (lactones) is 1. The van der Waals surface area contributed by atoms with E-state index in [0.717, 1.165) is 18.3 Å². The van der Waals surface area contributed by atoms with Crippen molar-refractivity contribution in [3.05, 3.63) is 46.6 Å². The van der Waals surface area contributed by atoms with Crippen LogP contribution in [-0.4, -0.2) is 23.7 Å². The normalized spacial score (nSPS) is 32.2. The SMILES string of the molecule is CC1=C(CC/C(C=O)=C\C=C\C2=CC(=O)OC2O)[C@@]2(C)CCCC(C)(C)C2CC1. The quantitative estimate of drug-likeness (QED) is 0.220. The van der Waals surface area contributed by atoms with Crippen LogP contribution in [0.15, 0.2) is 46.6 Å². The molecular formula is C25H34O4. The van der Waals surface area contributed by atoms with Crippen molar-refractivity contribution in [2.75, 3.05) is 0 Å². The van der Waals surface area contributed by atoms with Gasteiger partial charge in [-0.1, -0.05) is 56.6 Å². The summed E-state index contributed by atoms with van der Waals surface area (Å²) in [7, 11) is 0. The predicted molar refractivity (Wildman–Crippen MR) is 114 cm³/mol. The third kappa shape index (κ3) is 4.48. The molecule has 0 amide bonds. The highest BCUT2D eigenvalue weighted by Crippen LogP contribution is 2.60. The van der Waals surface area contributed by atoms with E-state index in [1.807, 2.05) is 0 Å². The second-order valence-electron chi connectivity index (χ2n) is 9.76. The number of aliphatic hydroxyl groups excluding tert-OH is 1. The largest absolute Gasteiger partial charge is 0.428 e. The molecule has 158 valence electrons. The lowest BCUT2D eigenvalue weighted by Gasteiger charge is -2.55. The van der Waals surface area contributed by atoms with Gasteiger partial charge in [-0.2, -0.15) is 0 Å². The molecule has 1 aliphatic heterocycles. The van der Waals surface area contributed by atoms with Crippen LogP contribution in [-0.2, 0) is 14.3 Å². The van der Waals surface area contributed by atoms with E-state index < -0.39 is 12.3 Å². The van der Waals surface area contributed by atoms with Crippen molar-refractivity contribution in [1.29, 1.82) is 0 Å². The molecule has 29 heavy (non-hydrogen) atoms. The molecular weight excluding hydrogens is 364 g/mol. The standard InChI is InChI=1S/C25H34O4/c1-17-9-12-21-24(2,3)13-6-14-25(21,4)20(17)11-10-18(16-26)7-5-8-19-15-22(27)29-23(19)28/h5,7-8,15-16,21,23,28H,6,9-14H2,1-4H3/b8-5+,18-7+/t21?,23?,25-/m1/s1. The number of hydrogen-bond acceptors (Lipinski definition) is 4. The number of allylic oxidation sites excluding steroid dienone is 5. The fraction of sp³-hybridized carbons (Fsp3) is 0.600. The van der Waals surface area contributed by atoms with Gasteiger partial charge in [0.05, 0.1) is 0 Å². The molecule has 1 heterocycles. The minimum Gasteiger partial charge on any atom is -0.428 e. The molecule has 0 radical (unpaired) electrons. The molecule has 2 unspecified atom stereocenters. The van der Waals surface area contributed by atoms with Crippen LogP contribution in [0.25, 0.3) is 0 Å². The van der Waals surface area contributed by atoms with Crippen molar-refractivity contribution in [3.63, 3.8) is 0 Å². The summed E-state index contributed by atoms with van der Waals surface area (Å²) in [4.78, 5) is 22.8. The molecule has 0 spiro atoms. The topological polar surface area (TPSA) is 63.6 Å². The Labute approximate surface area is 174 Å². The second-order valence-corrected chi connectivity index (χ2v) is 9.76. The zero-order valence-corrected chi connectivity index (χ0v) is 18.2. The molecule has 2 aliphatic carbocycles. The summed E-state index contributed by atoms with van der Waals surface area (Å²) in [6.07, 6.45) is 13.9. The molecule has 4 nitrogen and oxygen atoms in total. The van der Waals surface area contributed by atoms with E-state index in [1.54, 1.807) is 23.8 Å². The van der Waals surface area contributed by atoms with Crippen LogP contribution >= 0.6 is 0 Å². The van der Waals surface area contributed by atoms with E-state index in [2.05, 4.69) is 32.4 Å². The minimum absolute atomic E-state index is 0.240. The zero-order chi connectivity index (χ0) is 21.2. The van der Waals surface area contributed by atoms with Gasteiger partial charge >= 0.3 is 5.97 Å². The Bertz CT molecular complexity index is 796. The van der Waals surface area contributed by atoms with Gasteiger partial charge < -0.3 is 9.84 Å². The van der Waals surface area contributed by atoms with Gasteiger partial charge in [0.15, 0.2) is 0 Å². The van der Waals surface area contributed by atoms with Gasteiger partial charge in [-0.3, -0.25) is 4.79 Å². The van der Waals surface area contributed by atoms with Crippen LogP contribution < -0.4 is 0 Å². The number of ether oxygens (including phenoxy) is 1. The van der Waals surface area contributed by atoms with E-state index in [9.17, 15) is 14.7 Å². The predicted octanol–water partition coefficient (Wildman–Crippen LogP) is 5.19. The number of carbonyl (C=O) groups excluding carboxylic acids is 2. The Hall–Kier alpha value is -1.94. The van der Waals surface area contributed by atoms with E-state index >= 15 is 0 Å². The summed E-state index contributed by atoms with van der Waals surface area (Å²) in [6, 6.07) is 0. The summed E-state index contributed by atoms with van der Waals surface area (Å²) >= 11 is 0. The van der Waals surface area contributed by atoms with Gasteiger partial charge in [-0.15, -0.1) is 0 Å². The molecule has 0 aromatic carbocycles. The smallest absolute Gasteiger partial charge is 0.333 e. The fourth-order valence-electron chi connectivity index (χ4n) is 5.97. The van der Waals surface area contributed by atoms with Crippen LogP contribution in [0.5, 0.6) is 0 Å². The maximum atomic E-state index is 11.6. The Kier molecular flexibility index (Phi) is 6.33. The lowest BCUT2D eigenvalue weighted by Crippen LogP contribution is -2.45. The molecule has 3 rings (SSSR count). The lowest BCUT2D eigenvalue weighted by atomic mass is 9.50. The van der Waals surface area contributed by atoms with Crippen LogP contribution in [0.4, 0.5) is 0 Å². The van der Waals surface area contributed by atoms with Crippen LogP contribution in [0.1, 0.15) is 72.6 Å². The first-order chi connectivity index (χ1) is 13.7. The van der Waals surface area contributed by atoms with Crippen molar-refractivity contribution in [2.45, 2.75) is 78.9 Å². The molecule has 0 aromatic heterocycles. The van der Waals surface area contributed by atoms with Crippen molar-refractivity contribution in [3.8, 4) is 0 Å². The third-order valence-electron chi connectivity index (χ3n) is 7.45. The first-order valence-corrected chi connectivity index (χ1v) is 10.8. The molecule has 1 saturated carbocycles. The van der Waals surface area contributed by atoms with Crippen LogP contribution in [0.3, 0.4) is 0 Å². The molecule has 3 atom stereocenters. The van der Waals surface area contributed by atoms with Crippen molar-refractivity contribution in [1.82, 2.24) is 0 Å². The number of rotatable bonds is 6. The van der Waals surface area contributed by atoms with Gasteiger partial charge in [-0.25, -0.2) is 4.79 Å². The van der Waals surface area contributed by atoms with Gasteiger partial charge in [0.2, 0.25) is 6.29 Å². The Balaban J connectivity index is 1.72. The number of fused-ring (bicyclic) bond motifs is 1. The third-order valence-corrected chi connectivity index (χ3v) is 7.45. The number of hydrogen-bond donors (Lipinski definition) is 1. The van der Waals surface area contributed by atoms with Gasteiger partial charge in [-0.05, 0) is 67.8 Å². The van der Waals surface area contributed by atoms with Gasteiger partial charge in [0.1, 0.15) is 6.29 Å². The highest BCUT2D eigenvalue weighted by atomic mass is 16.6. The van der Waals surface area contributed by atoms with Crippen LogP contribution in [0.2, 0.25) is 0 Å². The summed E-state index contributed by atoms with van der Waals surface area (Å²) < 4.78 is 4.65. The van der Waals surface area contributed by atoms with Crippen LogP contribution in [0, 0.1) is 16.7 Å². The molecule has 1 fully saturated rings. The first kappa shape index (κ1) is 21.8. The van der Waals surface area contributed by atoms with E-state index in [4.69, 9.17) is 0 Å². The summed E-state index contributed by atoms with van der Waals surface area (Å²) in [5.74, 6) is 0.161. The molecule has 4 heteroatoms. The van der Waals surface area contributed by atoms with Gasteiger partial charge in [0, 0.05) is 11.6 Å². The highest BCUT2D eigenvalue weighted by molar-refractivity contribution is 5.86. The summed E-state index contributed by atoms with van der Waals surface area (Å²) in [6.45, 7) is 9.57. The first-order valence-electron chi connectivity index (χ1n) is 10.8. The second kappa shape index (κ2) is 8.43. The number of aliphatic hydroxyl groups is 1. The molecule has 0 bridgehead atoms. The van der Waals surface area contributed by atoms with Crippen molar-refractivity contribution >= 4 is 12.3 Å². The zero-order valence-electron chi connectivity index (χ0n) is 18.2. The van der Waals surface area contributed by atoms with Crippen molar-refractivity contribution < 1.29 is 19.4 Å². The van der Waals surface area contributed by atoms with Crippen molar-refractivity contribution in [2.24, 2.45) is 16.7 Å². The maximum Gasteiger partial charge on any atom is 0.333 e. The Morgan fingerprint density at radius 3 is 2.72 bits per heavy atom. The molecule has 0 saturated heterocycles. The number of esters is 1. The highest BCUT2D eigenvalue weighted by Gasteiger charge is 2.49.